The number of nitrogens with two attached hydrogens (primary N) is 6. The standard InChI is InChI=1S/C22H45N7O10/c23-4-8-1-2-9(26)19(36-8)38-17-10(27)3-11(29-21(34)22(35,6-24)7-25)18(16(17)33)39-20-15(32)13(28)14(31)12(5-30)37-20/h8-20,30-33,35H,1-7,23-28H2,(H,29,34). The number of carbonyl (C=O) groups is 1. The molecule has 1 saturated carbocycles. The summed E-state index contributed by atoms with van der Waals surface area (Å²) in [6, 6.07) is -3.72. The van der Waals surface area contributed by atoms with Crippen molar-refractivity contribution in [1.82, 2.24) is 5.32 Å². The lowest BCUT2D eigenvalue weighted by atomic mass is 9.83. The Hall–Kier alpha value is -1.13. The van der Waals surface area contributed by atoms with Gasteiger partial charge in [0.2, 0.25) is 0 Å². The van der Waals surface area contributed by atoms with Crippen molar-refractivity contribution in [2.45, 2.75) is 104 Å². The molecule has 0 aromatic carbocycles. The van der Waals surface area contributed by atoms with Gasteiger partial charge >= 0.3 is 0 Å². The van der Waals surface area contributed by atoms with Crippen molar-refractivity contribution >= 4 is 5.91 Å². The van der Waals surface area contributed by atoms with Crippen molar-refractivity contribution in [3.05, 3.63) is 0 Å². The summed E-state index contributed by atoms with van der Waals surface area (Å²) in [6.07, 6.45) is -9.81. The van der Waals surface area contributed by atoms with Crippen molar-refractivity contribution in [3.8, 4) is 0 Å². The molecule has 2 aliphatic heterocycles. The van der Waals surface area contributed by atoms with Crippen LogP contribution in [0, 0.1) is 0 Å². The lowest BCUT2D eigenvalue weighted by Crippen LogP contribution is -2.70. The molecule has 3 fully saturated rings. The van der Waals surface area contributed by atoms with Crippen LogP contribution in [0.15, 0.2) is 0 Å². The molecule has 13 atom stereocenters. The van der Waals surface area contributed by atoms with Gasteiger partial charge in [0.15, 0.2) is 18.2 Å². The molecule has 228 valence electrons. The van der Waals surface area contributed by atoms with Gasteiger partial charge < -0.3 is 84.2 Å². The summed E-state index contributed by atoms with van der Waals surface area (Å²) >= 11 is 0. The van der Waals surface area contributed by atoms with Gasteiger partial charge in [-0.2, -0.15) is 0 Å². The van der Waals surface area contributed by atoms with Gasteiger partial charge in [-0.3, -0.25) is 4.79 Å². The Kier molecular flexibility index (Phi) is 11.4. The second kappa shape index (κ2) is 13.7. The Morgan fingerprint density at radius 1 is 0.897 bits per heavy atom. The number of hydrogen-bond donors (Lipinski definition) is 12. The molecule has 13 unspecified atom stereocenters. The third-order valence-corrected chi connectivity index (χ3v) is 7.71. The molecular weight excluding hydrogens is 522 g/mol. The van der Waals surface area contributed by atoms with E-state index in [1.54, 1.807) is 0 Å². The molecule has 0 bridgehead atoms. The Balaban J connectivity index is 1.86. The van der Waals surface area contributed by atoms with Crippen LogP contribution in [-0.4, -0.2) is 143 Å². The quantitative estimate of drug-likeness (QED) is 0.117. The summed E-state index contributed by atoms with van der Waals surface area (Å²) in [7, 11) is 0. The summed E-state index contributed by atoms with van der Waals surface area (Å²) in [5.74, 6) is -0.932. The number of carbonyl (C=O) groups excluding carboxylic acids is 1. The largest absolute Gasteiger partial charge is 0.394 e. The molecular formula is C22H45N7O10. The minimum absolute atomic E-state index is 0.0352. The average Bonchev–Trinajstić information content (AvgIpc) is 2.93. The van der Waals surface area contributed by atoms with Crippen LogP contribution in [0.1, 0.15) is 19.3 Å². The van der Waals surface area contributed by atoms with E-state index >= 15 is 0 Å². The number of hydrogen-bond acceptors (Lipinski definition) is 16. The molecule has 1 aliphatic carbocycles. The Labute approximate surface area is 226 Å². The average molecular weight is 568 g/mol. The molecule has 39 heavy (non-hydrogen) atoms. The minimum atomic E-state index is -2.11. The Morgan fingerprint density at radius 2 is 1.54 bits per heavy atom. The van der Waals surface area contributed by atoms with E-state index in [1.807, 2.05) is 0 Å². The molecule has 1 amide bonds. The van der Waals surface area contributed by atoms with Crippen molar-refractivity contribution in [2.75, 3.05) is 26.2 Å². The molecule has 0 aromatic rings. The normalized spacial score (nSPS) is 43.7. The summed E-state index contributed by atoms with van der Waals surface area (Å²) in [5.41, 5.74) is 33.1. The number of aliphatic hydroxyl groups excluding tert-OH is 4. The van der Waals surface area contributed by atoms with Gasteiger partial charge in [0.25, 0.3) is 5.91 Å². The van der Waals surface area contributed by atoms with Crippen LogP contribution in [0.4, 0.5) is 0 Å². The molecule has 0 spiro atoms. The maximum absolute atomic E-state index is 12.9. The van der Waals surface area contributed by atoms with Crippen LogP contribution < -0.4 is 39.7 Å². The molecule has 18 N–H and O–H groups in total. The van der Waals surface area contributed by atoms with Gasteiger partial charge in [-0.05, 0) is 19.3 Å². The maximum Gasteiger partial charge on any atom is 0.254 e. The van der Waals surface area contributed by atoms with Crippen molar-refractivity contribution in [2.24, 2.45) is 34.4 Å². The fraction of sp³-hybridized carbons (Fsp3) is 0.955. The summed E-state index contributed by atoms with van der Waals surface area (Å²) in [4.78, 5) is 12.9. The molecule has 2 heterocycles. The Bertz CT molecular complexity index is 796. The van der Waals surface area contributed by atoms with Gasteiger partial charge in [0.1, 0.15) is 36.6 Å². The molecule has 3 rings (SSSR count). The number of ether oxygens (including phenoxy) is 4. The highest BCUT2D eigenvalue weighted by atomic mass is 16.7. The topological polar surface area (TPSA) is 323 Å². The molecule has 17 heteroatoms. The fourth-order valence-corrected chi connectivity index (χ4v) is 5.03. The third-order valence-electron chi connectivity index (χ3n) is 7.71. The maximum atomic E-state index is 12.9. The summed E-state index contributed by atoms with van der Waals surface area (Å²) < 4.78 is 23.3. The predicted molar refractivity (Wildman–Crippen MR) is 134 cm³/mol. The fourth-order valence-electron chi connectivity index (χ4n) is 5.03. The second-order valence-corrected chi connectivity index (χ2v) is 10.5. The second-order valence-electron chi connectivity index (χ2n) is 10.5. The van der Waals surface area contributed by atoms with E-state index in [1.165, 1.54) is 0 Å². The number of rotatable bonds is 10. The molecule has 2 saturated heterocycles. The predicted octanol–water partition coefficient (Wildman–Crippen LogP) is -7.46. The van der Waals surface area contributed by atoms with Gasteiger partial charge in [-0.1, -0.05) is 0 Å². The first-order chi connectivity index (χ1) is 18.4. The zero-order valence-electron chi connectivity index (χ0n) is 21.7. The van der Waals surface area contributed by atoms with Crippen LogP contribution in [0.2, 0.25) is 0 Å². The highest BCUT2D eigenvalue weighted by molar-refractivity contribution is 5.85. The first kappa shape index (κ1) is 32.4. The molecule has 0 aromatic heterocycles. The van der Waals surface area contributed by atoms with Gasteiger partial charge in [-0.15, -0.1) is 0 Å². The molecule has 3 aliphatic rings. The summed E-state index contributed by atoms with van der Waals surface area (Å²) in [5, 5.41) is 54.8. The summed E-state index contributed by atoms with van der Waals surface area (Å²) in [6.45, 7) is -1.36. The Morgan fingerprint density at radius 3 is 2.13 bits per heavy atom. The zero-order valence-corrected chi connectivity index (χ0v) is 21.7. The first-order valence-corrected chi connectivity index (χ1v) is 13.1. The smallest absolute Gasteiger partial charge is 0.254 e. The van der Waals surface area contributed by atoms with E-state index in [2.05, 4.69) is 5.32 Å². The molecule has 17 nitrogen and oxygen atoms in total. The van der Waals surface area contributed by atoms with Gasteiger partial charge in [0.05, 0.1) is 30.8 Å². The van der Waals surface area contributed by atoms with Crippen LogP contribution >= 0.6 is 0 Å². The first-order valence-electron chi connectivity index (χ1n) is 13.1. The monoisotopic (exact) mass is 567 g/mol. The van der Waals surface area contributed by atoms with Crippen molar-refractivity contribution in [1.29, 1.82) is 0 Å². The lowest BCUT2D eigenvalue weighted by molar-refractivity contribution is -0.314. The van der Waals surface area contributed by atoms with Crippen molar-refractivity contribution < 1.29 is 49.3 Å². The van der Waals surface area contributed by atoms with E-state index in [-0.39, 0.29) is 19.1 Å². The van der Waals surface area contributed by atoms with E-state index in [0.29, 0.717) is 12.8 Å². The van der Waals surface area contributed by atoms with E-state index in [4.69, 9.17) is 53.3 Å². The van der Waals surface area contributed by atoms with Crippen molar-refractivity contribution in [3.63, 3.8) is 0 Å². The van der Waals surface area contributed by atoms with Gasteiger partial charge in [-0.25, -0.2) is 0 Å². The van der Waals surface area contributed by atoms with E-state index < -0.39 is 105 Å². The van der Waals surface area contributed by atoms with Crippen LogP contribution in [0.25, 0.3) is 0 Å². The highest BCUT2D eigenvalue weighted by Crippen LogP contribution is 2.31. The lowest BCUT2D eigenvalue weighted by Gasteiger charge is -2.48. The van der Waals surface area contributed by atoms with E-state index in [0.717, 1.165) is 0 Å². The third kappa shape index (κ3) is 7.03. The number of amides is 1. The minimum Gasteiger partial charge on any atom is -0.394 e. The van der Waals surface area contributed by atoms with Crippen LogP contribution in [0.3, 0.4) is 0 Å². The van der Waals surface area contributed by atoms with Crippen LogP contribution in [0.5, 0.6) is 0 Å². The van der Waals surface area contributed by atoms with E-state index in [9.17, 15) is 30.3 Å². The highest BCUT2D eigenvalue weighted by Gasteiger charge is 2.51. The molecule has 0 radical (unpaired) electrons. The number of aliphatic hydroxyl groups is 5. The number of nitrogens with one attached hydrogen (secondary N) is 1. The van der Waals surface area contributed by atoms with Crippen LogP contribution in [-0.2, 0) is 23.7 Å². The van der Waals surface area contributed by atoms with Gasteiger partial charge in [0, 0.05) is 25.7 Å². The SMILES string of the molecule is NCC1CCC(N)C(OC2C(N)CC(NC(=O)C(O)(CN)CN)C(OC3OC(CO)C(O)C(N)C3O)C2O)O1. The zero-order chi connectivity index (χ0) is 29.1.